The first kappa shape index (κ1) is 18.4. The third-order valence-electron chi connectivity index (χ3n) is 4.38. The van der Waals surface area contributed by atoms with Crippen LogP contribution in [-0.2, 0) is 20.4 Å². The minimum absolute atomic E-state index is 0.0718. The van der Waals surface area contributed by atoms with E-state index in [0.29, 0.717) is 5.52 Å². The largest absolute Gasteiger partial charge is 0.372 e. The molecule has 0 amide bonds. The topological polar surface area (TPSA) is 68.3 Å². The Morgan fingerprint density at radius 1 is 1.12 bits per heavy atom. The van der Waals surface area contributed by atoms with Crippen molar-refractivity contribution in [2.75, 3.05) is 13.7 Å². The highest BCUT2D eigenvalue weighted by Crippen LogP contribution is 2.27. The first-order chi connectivity index (χ1) is 12.4. The third-order valence-corrected chi connectivity index (χ3v) is 5.81. The average Bonchev–Trinajstić information content (AvgIpc) is 2.66. The monoisotopic (exact) mass is 374 g/mol. The molecular formula is C19H19FN2O3S. The molecule has 1 aromatic heterocycles. The smallest absolute Gasteiger partial charge is 0.242 e. The van der Waals surface area contributed by atoms with Crippen LogP contribution < -0.4 is 4.72 Å². The van der Waals surface area contributed by atoms with Crippen molar-refractivity contribution in [1.29, 1.82) is 0 Å². The fourth-order valence-corrected chi connectivity index (χ4v) is 4.07. The molecule has 136 valence electrons. The van der Waals surface area contributed by atoms with Crippen molar-refractivity contribution < 1.29 is 17.5 Å². The highest BCUT2D eigenvalue weighted by molar-refractivity contribution is 7.89. The molecule has 3 rings (SSSR count). The minimum atomic E-state index is -3.87. The average molecular weight is 374 g/mol. The zero-order chi connectivity index (χ0) is 18.8. The maximum atomic E-state index is 14.2. The van der Waals surface area contributed by atoms with E-state index in [1.807, 2.05) is 0 Å². The molecule has 0 aliphatic carbocycles. The van der Waals surface area contributed by atoms with Gasteiger partial charge in [-0.2, -0.15) is 0 Å². The number of methoxy groups -OCH3 is 1. The van der Waals surface area contributed by atoms with Gasteiger partial charge in [0.05, 0.1) is 5.52 Å². The number of nitrogens with one attached hydrogen (secondary N) is 1. The molecule has 26 heavy (non-hydrogen) atoms. The number of nitrogens with zero attached hydrogens (tertiary/aromatic N) is 1. The number of para-hydroxylation sites is 1. The van der Waals surface area contributed by atoms with E-state index in [-0.39, 0.29) is 17.0 Å². The Kier molecular flexibility index (Phi) is 5.04. The van der Waals surface area contributed by atoms with Gasteiger partial charge >= 0.3 is 0 Å². The number of benzene rings is 2. The van der Waals surface area contributed by atoms with Gasteiger partial charge in [-0.15, -0.1) is 0 Å². The van der Waals surface area contributed by atoms with E-state index in [1.165, 1.54) is 19.2 Å². The number of halogens is 1. The van der Waals surface area contributed by atoms with Gasteiger partial charge in [0.2, 0.25) is 10.0 Å². The molecule has 0 aliphatic rings. The number of pyridine rings is 1. The van der Waals surface area contributed by atoms with Crippen molar-refractivity contribution in [2.45, 2.75) is 17.4 Å². The summed E-state index contributed by atoms with van der Waals surface area (Å²) in [5.74, 6) is -0.456. The fourth-order valence-electron chi connectivity index (χ4n) is 2.77. The van der Waals surface area contributed by atoms with Crippen LogP contribution in [0.25, 0.3) is 10.9 Å². The molecular weight excluding hydrogens is 355 g/mol. The number of rotatable bonds is 6. The summed E-state index contributed by atoms with van der Waals surface area (Å²) < 4.78 is 47.8. The molecule has 0 saturated heterocycles. The second kappa shape index (κ2) is 7.11. The summed E-state index contributed by atoms with van der Waals surface area (Å²) in [6, 6.07) is 14.6. The Balaban J connectivity index is 1.93. The first-order valence-electron chi connectivity index (χ1n) is 8.01. The molecule has 7 heteroatoms. The van der Waals surface area contributed by atoms with Crippen LogP contribution in [0.5, 0.6) is 0 Å². The van der Waals surface area contributed by atoms with Gasteiger partial charge in [0.15, 0.2) is 0 Å². The quantitative estimate of drug-likeness (QED) is 0.719. The van der Waals surface area contributed by atoms with Gasteiger partial charge in [-0.3, -0.25) is 4.98 Å². The summed E-state index contributed by atoms with van der Waals surface area (Å²) in [5, 5.41) is 0.721. The zero-order valence-corrected chi connectivity index (χ0v) is 15.3. The standard InChI is InChI=1S/C19H19FN2O3S/c1-19(25-2,15-9-3-4-10-16(15)20)13-22-26(23,24)17-11-5-7-14-8-6-12-21-18(14)17/h3-12,22H,13H2,1-2H3. The van der Waals surface area contributed by atoms with Crippen LogP contribution in [0.4, 0.5) is 4.39 Å². The minimum Gasteiger partial charge on any atom is -0.372 e. The summed E-state index contributed by atoms with van der Waals surface area (Å²) >= 11 is 0. The molecule has 5 nitrogen and oxygen atoms in total. The maximum absolute atomic E-state index is 14.2. The second-order valence-corrected chi connectivity index (χ2v) is 7.81. The maximum Gasteiger partial charge on any atom is 0.242 e. The Morgan fingerprint density at radius 2 is 1.85 bits per heavy atom. The lowest BCUT2D eigenvalue weighted by molar-refractivity contribution is 0.00410. The summed E-state index contributed by atoms with van der Waals surface area (Å²) in [6.45, 7) is 1.51. The fraction of sp³-hybridized carbons (Fsp3) is 0.211. The summed E-state index contributed by atoms with van der Waals surface area (Å²) in [5.41, 5.74) is -0.495. The molecule has 1 N–H and O–H groups in total. The number of hydrogen-bond donors (Lipinski definition) is 1. The molecule has 1 unspecified atom stereocenters. The summed E-state index contributed by atoms with van der Waals surface area (Å²) in [6.07, 6.45) is 1.54. The molecule has 1 heterocycles. The van der Waals surface area contributed by atoms with E-state index < -0.39 is 21.4 Å². The summed E-state index contributed by atoms with van der Waals surface area (Å²) in [7, 11) is -2.45. The van der Waals surface area contributed by atoms with E-state index in [4.69, 9.17) is 4.74 Å². The van der Waals surface area contributed by atoms with Crippen LogP contribution in [0, 0.1) is 5.82 Å². The van der Waals surface area contributed by atoms with Crippen LogP contribution in [0.3, 0.4) is 0 Å². The predicted octanol–water partition coefficient (Wildman–Crippen LogP) is 3.21. The summed E-state index contributed by atoms with van der Waals surface area (Å²) in [4.78, 5) is 4.25. The lowest BCUT2D eigenvalue weighted by Gasteiger charge is -2.29. The van der Waals surface area contributed by atoms with Crippen LogP contribution in [0.1, 0.15) is 12.5 Å². The van der Waals surface area contributed by atoms with Gasteiger partial charge in [-0.25, -0.2) is 17.5 Å². The lowest BCUT2D eigenvalue weighted by atomic mass is 9.95. The molecule has 0 saturated carbocycles. The van der Waals surface area contributed by atoms with Gasteiger partial charge in [0, 0.05) is 30.8 Å². The van der Waals surface area contributed by atoms with Crippen molar-refractivity contribution in [1.82, 2.24) is 9.71 Å². The Hall–Kier alpha value is -2.35. The van der Waals surface area contributed by atoms with Gasteiger partial charge in [0.25, 0.3) is 0 Å². The van der Waals surface area contributed by atoms with Crippen LogP contribution >= 0.6 is 0 Å². The predicted molar refractivity (Wildman–Crippen MR) is 97.7 cm³/mol. The van der Waals surface area contributed by atoms with Gasteiger partial charge < -0.3 is 4.74 Å². The molecule has 1 atom stereocenters. The molecule has 3 aromatic rings. The van der Waals surface area contributed by atoms with Gasteiger partial charge in [-0.1, -0.05) is 36.4 Å². The van der Waals surface area contributed by atoms with Crippen LogP contribution in [0.15, 0.2) is 65.7 Å². The van der Waals surface area contributed by atoms with Gasteiger partial charge in [-0.05, 0) is 25.1 Å². The van der Waals surface area contributed by atoms with Crippen molar-refractivity contribution >= 4 is 20.9 Å². The van der Waals surface area contributed by atoms with E-state index in [2.05, 4.69) is 9.71 Å². The third kappa shape index (κ3) is 3.46. The van der Waals surface area contributed by atoms with Crippen LogP contribution in [0.2, 0.25) is 0 Å². The normalized spacial score (nSPS) is 14.3. The number of hydrogen-bond acceptors (Lipinski definition) is 4. The lowest BCUT2D eigenvalue weighted by Crippen LogP contribution is -2.40. The molecule has 0 radical (unpaired) electrons. The van der Waals surface area contributed by atoms with Crippen molar-refractivity contribution in [3.8, 4) is 0 Å². The zero-order valence-electron chi connectivity index (χ0n) is 14.4. The second-order valence-electron chi connectivity index (χ2n) is 6.07. The number of fused-ring (bicyclic) bond motifs is 1. The van der Waals surface area contributed by atoms with Crippen LogP contribution in [-0.4, -0.2) is 27.1 Å². The molecule has 0 aliphatic heterocycles. The van der Waals surface area contributed by atoms with Gasteiger partial charge in [0.1, 0.15) is 16.3 Å². The first-order valence-corrected chi connectivity index (χ1v) is 9.49. The molecule has 0 fully saturated rings. The number of ether oxygens (including phenoxy) is 1. The Labute approximate surface area is 151 Å². The number of aromatic nitrogens is 1. The van der Waals surface area contributed by atoms with E-state index in [1.54, 1.807) is 55.6 Å². The highest BCUT2D eigenvalue weighted by atomic mass is 32.2. The van der Waals surface area contributed by atoms with E-state index in [0.717, 1.165) is 5.39 Å². The Morgan fingerprint density at radius 3 is 2.58 bits per heavy atom. The molecule has 0 spiro atoms. The van der Waals surface area contributed by atoms with E-state index >= 15 is 0 Å². The van der Waals surface area contributed by atoms with Crippen molar-refractivity contribution in [3.63, 3.8) is 0 Å². The SMILES string of the molecule is COC(C)(CNS(=O)(=O)c1cccc2cccnc12)c1ccccc1F. The number of sulfonamides is 1. The van der Waals surface area contributed by atoms with E-state index in [9.17, 15) is 12.8 Å². The van der Waals surface area contributed by atoms with Crippen molar-refractivity contribution in [3.05, 3.63) is 72.2 Å². The van der Waals surface area contributed by atoms with Crippen molar-refractivity contribution in [2.24, 2.45) is 0 Å². The molecule has 2 aromatic carbocycles. The Bertz CT molecular complexity index is 1030. The highest BCUT2D eigenvalue weighted by Gasteiger charge is 2.31. The molecule has 0 bridgehead atoms.